The van der Waals surface area contributed by atoms with Crippen molar-refractivity contribution in [1.82, 2.24) is 4.57 Å². The van der Waals surface area contributed by atoms with E-state index in [0.29, 0.717) is 33.5 Å². The summed E-state index contributed by atoms with van der Waals surface area (Å²) in [5, 5.41) is 1.05. The van der Waals surface area contributed by atoms with Gasteiger partial charge in [-0.25, -0.2) is 4.79 Å². The van der Waals surface area contributed by atoms with Crippen molar-refractivity contribution in [1.29, 1.82) is 0 Å². The third kappa shape index (κ3) is 3.26. The number of aryl methyl sites for hydroxylation is 1. The molecule has 0 aliphatic carbocycles. The Morgan fingerprint density at radius 2 is 2.10 bits per heavy atom. The van der Waals surface area contributed by atoms with Crippen LogP contribution in [-0.2, 0) is 17.9 Å². The summed E-state index contributed by atoms with van der Waals surface area (Å²) in [6.45, 7) is 2.62. The zero-order valence-corrected chi connectivity index (χ0v) is 12.4. The van der Waals surface area contributed by atoms with Gasteiger partial charge in [-0.15, -0.1) is 0 Å². The lowest BCUT2D eigenvalue weighted by Gasteiger charge is -2.08. The number of nitrogens with zero attached hydrogens (tertiary/aromatic N) is 1. The third-order valence-corrected chi connectivity index (χ3v) is 3.44. The quantitative estimate of drug-likeness (QED) is 0.875. The summed E-state index contributed by atoms with van der Waals surface area (Å²) in [6, 6.07) is 6.60. The molecule has 0 fully saturated rings. The number of aromatic nitrogens is 1. The van der Waals surface area contributed by atoms with Crippen LogP contribution in [0.2, 0.25) is 10.0 Å². The largest absolute Gasteiger partial charge is 0.456 e. The van der Waals surface area contributed by atoms with Gasteiger partial charge in [-0.1, -0.05) is 23.2 Å². The van der Waals surface area contributed by atoms with Crippen molar-refractivity contribution in [2.75, 3.05) is 5.73 Å². The van der Waals surface area contributed by atoms with Crippen molar-refractivity contribution in [3.63, 3.8) is 0 Å². The second-order valence-electron chi connectivity index (χ2n) is 4.26. The van der Waals surface area contributed by atoms with Gasteiger partial charge in [-0.05, 0) is 31.2 Å². The van der Waals surface area contributed by atoms with E-state index >= 15 is 0 Å². The number of anilines is 1. The molecule has 0 spiro atoms. The van der Waals surface area contributed by atoms with Crippen LogP contribution >= 0.6 is 23.2 Å². The second-order valence-corrected chi connectivity index (χ2v) is 5.10. The van der Waals surface area contributed by atoms with Crippen LogP contribution in [0.15, 0.2) is 30.5 Å². The van der Waals surface area contributed by atoms with Crippen molar-refractivity contribution in [2.24, 2.45) is 0 Å². The fraction of sp³-hybridized carbons (Fsp3) is 0.214. The van der Waals surface area contributed by atoms with Crippen LogP contribution in [0.3, 0.4) is 0 Å². The van der Waals surface area contributed by atoms with Gasteiger partial charge >= 0.3 is 5.97 Å². The highest BCUT2D eigenvalue weighted by Gasteiger charge is 2.14. The molecule has 2 N–H and O–H groups in total. The molecule has 4 nitrogen and oxygen atoms in total. The minimum atomic E-state index is -0.445. The lowest BCUT2D eigenvalue weighted by Crippen LogP contribution is -2.11. The highest BCUT2D eigenvalue weighted by molar-refractivity contribution is 6.33. The van der Waals surface area contributed by atoms with Crippen molar-refractivity contribution in [3.05, 3.63) is 51.8 Å². The fourth-order valence-corrected chi connectivity index (χ4v) is 2.20. The predicted octanol–water partition coefficient (Wildman–Crippen LogP) is 3.75. The van der Waals surface area contributed by atoms with E-state index in [2.05, 4.69) is 0 Å². The summed E-state index contributed by atoms with van der Waals surface area (Å²) in [5.41, 5.74) is 7.29. The average Bonchev–Trinajstić information content (AvgIpc) is 2.80. The number of nitrogens with two attached hydrogens (primary N) is 1. The zero-order valence-electron chi connectivity index (χ0n) is 10.9. The van der Waals surface area contributed by atoms with E-state index in [0.717, 1.165) is 0 Å². The van der Waals surface area contributed by atoms with E-state index in [4.69, 9.17) is 33.7 Å². The first-order valence-corrected chi connectivity index (χ1v) is 6.83. The van der Waals surface area contributed by atoms with Gasteiger partial charge in [0.2, 0.25) is 0 Å². The number of halogens is 2. The van der Waals surface area contributed by atoms with E-state index in [-0.39, 0.29) is 6.61 Å². The number of esters is 1. The maximum Gasteiger partial charge on any atom is 0.355 e. The maximum absolute atomic E-state index is 12.0. The highest BCUT2D eigenvalue weighted by Crippen LogP contribution is 2.22. The molecular formula is C14H14Cl2N2O2. The van der Waals surface area contributed by atoms with Gasteiger partial charge in [0, 0.05) is 28.4 Å². The van der Waals surface area contributed by atoms with Crippen molar-refractivity contribution >= 4 is 34.9 Å². The number of hydrogen-bond donors (Lipinski definition) is 1. The Morgan fingerprint density at radius 3 is 2.80 bits per heavy atom. The predicted molar refractivity (Wildman–Crippen MR) is 80.1 cm³/mol. The lowest BCUT2D eigenvalue weighted by molar-refractivity contribution is 0.0460. The summed E-state index contributed by atoms with van der Waals surface area (Å²) in [7, 11) is 0. The molecule has 0 unspecified atom stereocenters. The third-order valence-electron chi connectivity index (χ3n) is 2.83. The number of hydrogen-bond acceptors (Lipinski definition) is 3. The highest BCUT2D eigenvalue weighted by atomic mass is 35.5. The van der Waals surface area contributed by atoms with E-state index in [9.17, 15) is 4.79 Å². The molecule has 106 valence electrons. The summed E-state index contributed by atoms with van der Waals surface area (Å²) >= 11 is 11.9. The first kappa shape index (κ1) is 14.8. The van der Waals surface area contributed by atoms with Crippen LogP contribution in [-0.4, -0.2) is 10.5 Å². The Kier molecular flexibility index (Phi) is 4.57. The first-order valence-electron chi connectivity index (χ1n) is 6.08. The minimum absolute atomic E-state index is 0.0625. The molecule has 1 heterocycles. The Hall–Kier alpha value is -1.65. The van der Waals surface area contributed by atoms with Gasteiger partial charge in [-0.2, -0.15) is 0 Å². The monoisotopic (exact) mass is 312 g/mol. The van der Waals surface area contributed by atoms with Crippen LogP contribution in [0.1, 0.15) is 23.0 Å². The summed E-state index contributed by atoms with van der Waals surface area (Å²) in [6.07, 6.45) is 1.70. The van der Waals surface area contributed by atoms with E-state index in [1.807, 2.05) is 6.92 Å². The Morgan fingerprint density at radius 1 is 1.35 bits per heavy atom. The second kappa shape index (κ2) is 6.20. The number of ether oxygens (including phenoxy) is 1. The molecule has 0 aliphatic rings. The molecule has 0 saturated heterocycles. The number of benzene rings is 1. The van der Waals surface area contributed by atoms with Gasteiger partial charge in [0.15, 0.2) is 0 Å². The zero-order chi connectivity index (χ0) is 14.7. The molecule has 2 aromatic rings. The number of rotatable bonds is 4. The smallest absolute Gasteiger partial charge is 0.355 e. The normalized spacial score (nSPS) is 10.6. The van der Waals surface area contributed by atoms with Crippen LogP contribution < -0.4 is 5.73 Å². The summed E-state index contributed by atoms with van der Waals surface area (Å²) < 4.78 is 6.98. The van der Waals surface area contributed by atoms with Crippen LogP contribution in [0, 0.1) is 0 Å². The molecule has 0 radical (unpaired) electrons. The molecule has 1 aromatic carbocycles. The van der Waals surface area contributed by atoms with Gasteiger partial charge < -0.3 is 15.0 Å². The SMILES string of the molecule is CCn1cc(N)cc1C(=O)OCc1cc(Cl)ccc1Cl. The molecule has 1 aromatic heterocycles. The molecule has 2 rings (SSSR count). The Balaban J connectivity index is 2.10. The molecule has 0 atom stereocenters. The van der Waals surface area contributed by atoms with Gasteiger partial charge in [0.05, 0.1) is 5.69 Å². The Labute approximate surface area is 127 Å². The number of carbonyl (C=O) groups excluding carboxylic acids is 1. The van der Waals surface area contributed by atoms with E-state index in [1.54, 1.807) is 35.0 Å². The summed E-state index contributed by atoms with van der Waals surface area (Å²) in [4.78, 5) is 12.0. The number of nitrogen functional groups attached to an aromatic ring is 1. The van der Waals surface area contributed by atoms with Gasteiger partial charge in [-0.3, -0.25) is 0 Å². The maximum atomic E-state index is 12.0. The molecule has 0 aliphatic heterocycles. The van der Waals surface area contributed by atoms with Crippen LogP contribution in [0.4, 0.5) is 5.69 Å². The van der Waals surface area contributed by atoms with Gasteiger partial charge in [0.25, 0.3) is 0 Å². The molecule has 0 saturated carbocycles. The molecule has 0 bridgehead atoms. The minimum Gasteiger partial charge on any atom is -0.456 e. The van der Waals surface area contributed by atoms with E-state index < -0.39 is 5.97 Å². The van der Waals surface area contributed by atoms with Crippen LogP contribution in [0.25, 0.3) is 0 Å². The molecule has 6 heteroatoms. The Bertz CT molecular complexity index is 638. The van der Waals surface area contributed by atoms with Gasteiger partial charge in [0.1, 0.15) is 12.3 Å². The molecular weight excluding hydrogens is 299 g/mol. The molecule has 20 heavy (non-hydrogen) atoms. The first-order chi connectivity index (χ1) is 9.51. The number of carbonyl (C=O) groups is 1. The topological polar surface area (TPSA) is 57.2 Å². The molecule has 0 amide bonds. The van der Waals surface area contributed by atoms with Crippen molar-refractivity contribution < 1.29 is 9.53 Å². The van der Waals surface area contributed by atoms with E-state index in [1.165, 1.54) is 0 Å². The van der Waals surface area contributed by atoms with Crippen molar-refractivity contribution in [2.45, 2.75) is 20.1 Å². The average molecular weight is 313 g/mol. The standard InChI is InChI=1S/C14H14Cl2N2O2/c1-2-18-7-11(17)6-13(18)14(19)20-8-9-5-10(15)3-4-12(9)16/h3-7H,2,8,17H2,1H3. The fourth-order valence-electron chi connectivity index (χ4n) is 1.84. The van der Waals surface area contributed by atoms with Crippen LogP contribution in [0.5, 0.6) is 0 Å². The van der Waals surface area contributed by atoms with Crippen molar-refractivity contribution in [3.8, 4) is 0 Å². The summed E-state index contributed by atoms with van der Waals surface area (Å²) in [5.74, 6) is -0.445. The lowest BCUT2D eigenvalue weighted by atomic mass is 10.2.